The highest BCUT2D eigenvalue weighted by Gasteiger charge is 2.48. The van der Waals surface area contributed by atoms with Crippen LogP contribution < -0.4 is 0 Å². The van der Waals surface area contributed by atoms with Crippen LogP contribution in [0.4, 0.5) is 0 Å². The third kappa shape index (κ3) is 1.45. The molecule has 1 aliphatic carbocycles. The molecule has 2 rings (SSSR count). The van der Waals surface area contributed by atoms with E-state index in [4.69, 9.17) is 11.6 Å². The van der Waals surface area contributed by atoms with Crippen LogP contribution in [-0.2, 0) is 5.41 Å². The van der Waals surface area contributed by atoms with Crippen molar-refractivity contribution >= 4 is 11.6 Å². The van der Waals surface area contributed by atoms with Crippen molar-refractivity contribution in [1.82, 2.24) is 0 Å². The first-order valence-corrected chi connectivity index (χ1v) is 5.39. The van der Waals surface area contributed by atoms with Crippen LogP contribution in [0.5, 0.6) is 0 Å². The van der Waals surface area contributed by atoms with Crippen molar-refractivity contribution in [2.75, 3.05) is 0 Å². The second-order valence-electron chi connectivity index (χ2n) is 4.29. The monoisotopic (exact) mass is 210 g/mol. The van der Waals surface area contributed by atoms with Gasteiger partial charge < -0.3 is 5.11 Å². The third-order valence-corrected chi connectivity index (χ3v) is 3.55. The smallest absolute Gasteiger partial charge is 0.0608 e. The van der Waals surface area contributed by atoms with Crippen molar-refractivity contribution in [3.05, 3.63) is 34.3 Å². The Kier molecular flexibility index (Phi) is 2.32. The van der Waals surface area contributed by atoms with E-state index in [1.807, 2.05) is 19.1 Å². The van der Waals surface area contributed by atoms with E-state index in [0.29, 0.717) is 0 Å². The van der Waals surface area contributed by atoms with Gasteiger partial charge in [0.05, 0.1) is 6.10 Å². The van der Waals surface area contributed by atoms with E-state index in [0.717, 1.165) is 17.9 Å². The van der Waals surface area contributed by atoms with Crippen molar-refractivity contribution in [2.24, 2.45) is 0 Å². The maximum absolute atomic E-state index is 9.76. The third-order valence-electron chi connectivity index (χ3n) is 3.31. The minimum atomic E-state index is -0.262. The Balaban J connectivity index is 2.42. The van der Waals surface area contributed by atoms with Gasteiger partial charge in [-0.05, 0) is 49.9 Å². The predicted octanol–water partition coefficient (Wildman–Crippen LogP) is 3.06. The molecule has 0 aliphatic heterocycles. The molecule has 1 aromatic carbocycles. The maximum Gasteiger partial charge on any atom is 0.0608 e. The lowest BCUT2D eigenvalue weighted by atomic mass is 9.88. The number of hydrogen-bond acceptors (Lipinski definition) is 1. The van der Waals surface area contributed by atoms with Crippen molar-refractivity contribution in [1.29, 1.82) is 0 Å². The largest absolute Gasteiger partial charge is 0.392 e. The molecule has 2 heteroatoms. The molecule has 0 bridgehead atoms. The lowest BCUT2D eigenvalue weighted by Crippen LogP contribution is -2.23. The molecule has 1 N–H and O–H groups in total. The van der Waals surface area contributed by atoms with E-state index in [9.17, 15) is 5.11 Å². The molecule has 1 unspecified atom stereocenters. The number of halogens is 1. The van der Waals surface area contributed by atoms with E-state index in [2.05, 4.69) is 13.0 Å². The first-order valence-electron chi connectivity index (χ1n) is 5.01. The SMILES string of the molecule is Cc1cc(Cl)ccc1C1(C(C)O)CC1. The summed E-state index contributed by atoms with van der Waals surface area (Å²) in [7, 11) is 0. The van der Waals surface area contributed by atoms with E-state index < -0.39 is 0 Å². The van der Waals surface area contributed by atoms with E-state index in [1.165, 1.54) is 11.1 Å². The molecule has 1 fully saturated rings. The summed E-state index contributed by atoms with van der Waals surface area (Å²) in [5, 5.41) is 10.5. The van der Waals surface area contributed by atoms with Crippen molar-refractivity contribution in [3.8, 4) is 0 Å². The highest BCUT2D eigenvalue weighted by Crippen LogP contribution is 2.52. The Morgan fingerprint density at radius 2 is 2.07 bits per heavy atom. The first-order chi connectivity index (χ1) is 6.56. The molecule has 76 valence electrons. The number of hydrogen-bond donors (Lipinski definition) is 1. The highest BCUT2D eigenvalue weighted by molar-refractivity contribution is 6.30. The molecule has 0 spiro atoms. The maximum atomic E-state index is 9.76. The van der Waals surface area contributed by atoms with Crippen LogP contribution in [0.1, 0.15) is 30.9 Å². The van der Waals surface area contributed by atoms with Gasteiger partial charge in [-0.25, -0.2) is 0 Å². The summed E-state index contributed by atoms with van der Waals surface area (Å²) in [5.74, 6) is 0. The molecule has 14 heavy (non-hydrogen) atoms. The predicted molar refractivity (Wildman–Crippen MR) is 58.8 cm³/mol. The molecule has 0 radical (unpaired) electrons. The standard InChI is InChI=1S/C12H15ClO/c1-8-7-10(13)3-4-11(8)12(5-6-12)9(2)14/h3-4,7,9,14H,5-6H2,1-2H3. The molecule has 1 nitrogen and oxygen atoms in total. The van der Waals surface area contributed by atoms with Gasteiger partial charge in [-0.1, -0.05) is 17.7 Å². The molecule has 1 saturated carbocycles. The van der Waals surface area contributed by atoms with Crippen LogP contribution in [-0.4, -0.2) is 11.2 Å². The molecule has 1 aromatic rings. The zero-order valence-electron chi connectivity index (χ0n) is 8.55. The Labute approximate surface area is 89.7 Å². The molecular weight excluding hydrogens is 196 g/mol. The van der Waals surface area contributed by atoms with E-state index in [-0.39, 0.29) is 11.5 Å². The summed E-state index contributed by atoms with van der Waals surface area (Å²) in [6.45, 7) is 3.94. The number of rotatable bonds is 2. The number of aliphatic hydroxyl groups excluding tert-OH is 1. The van der Waals surface area contributed by atoms with Gasteiger partial charge in [-0.2, -0.15) is 0 Å². The minimum absolute atomic E-state index is 0.0225. The first kappa shape index (κ1) is 10.0. The van der Waals surface area contributed by atoms with E-state index in [1.54, 1.807) is 0 Å². The zero-order valence-corrected chi connectivity index (χ0v) is 9.30. The Hall–Kier alpha value is -0.530. The van der Waals surface area contributed by atoms with Crippen molar-refractivity contribution in [2.45, 2.75) is 38.2 Å². The van der Waals surface area contributed by atoms with Crippen LogP contribution in [0.2, 0.25) is 5.02 Å². The van der Waals surface area contributed by atoms with Crippen LogP contribution in [0.3, 0.4) is 0 Å². The summed E-state index contributed by atoms with van der Waals surface area (Å²) < 4.78 is 0. The topological polar surface area (TPSA) is 20.2 Å². The molecule has 1 atom stereocenters. The highest BCUT2D eigenvalue weighted by atomic mass is 35.5. The number of aliphatic hydroxyl groups is 1. The fourth-order valence-corrected chi connectivity index (χ4v) is 2.46. The summed E-state index contributed by atoms with van der Waals surface area (Å²) in [5.41, 5.74) is 2.47. The molecule has 0 heterocycles. The lowest BCUT2D eigenvalue weighted by Gasteiger charge is -2.21. The zero-order chi connectivity index (χ0) is 10.3. The van der Waals surface area contributed by atoms with Gasteiger partial charge in [0.15, 0.2) is 0 Å². The number of benzene rings is 1. The normalized spacial score (nSPS) is 20.6. The summed E-state index contributed by atoms with van der Waals surface area (Å²) in [4.78, 5) is 0. The summed E-state index contributed by atoms with van der Waals surface area (Å²) in [6.07, 6.45) is 1.92. The fourth-order valence-electron chi connectivity index (χ4n) is 2.23. The quantitative estimate of drug-likeness (QED) is 0.796. The Morgan fingerprint density at radius 3 is 2.50 bits per heavy atom. The van der Waals surface area contributed by atoms with Gasteiger partial charge in [0.1, 0.15) is 0 Å². The molecule has 0 aromatic heterocycles. The van der Waals surface area contributed by atoms with Crippen LogP contribution in [0.15, 0.2) is 18.2 Å². The van der Waals surface area contributed by atoms with Gasteiger partial charge in [0.25, 0.3) is 0 Å². The number of aryl methyl sites for hydroxylation is 1. The minimum Gasteiger partial charge on any atom is -0.392 e. The lowest BCUT2D eigenvalue weighted by molar-refractivity contribution is 0.150. The van der Waals surface area contributed by atoms with Crippen LogP contribution in [0.25, 0.3) is 0 Å². The van der Waals surface area contributed by atoms with Crippen molar-refractivity contribution in [3.63, 3.8) is 0 Å². The second kappa shape index (κ2) is 3.25. The van der Waals surface area contributed by atoms with Gasteiger partial charge >= 0.3 is 0 Å². The molecule has 0 saturated heterocycles. The van der Waals surface area contributed by atoms with Gasteiger partial charge in [0.2, 0.25) is 0 Å². The Morgan fingerprint density at radius 1 is 1.43 bits per heavy atom. The molecule has 1 aliphatic rings. The molecular formula is C12H15ClO. The summed E-state index contributed by atoms with van der Waals surface area (Å²) in [6, 6.07) is 5.93. The second-order valence-corrected chi connectivity index (χ2v) is 4.73. The average molecular weight is 211 g/mol. The van der Waals surface area contributed by atoms with Gasteiger partial charge in [0, 0.05) is 10.4 Å². The average Bonchev–Trinajstić information content (AvgIpc) is 2.84. The Bertz CT molecular complexity index is 353. The van der Waals surface area contributed by atoms with Gasteiger partial charge in [-0.15, -0.1) is 0 Å². The van der Waals surface area contributed by atoms with E-state index >= 15 is 0 Å². The fraction of sp³-hybridized carbons (Fsp3) is 0.500. The van der Waals surface area contributed by atoms with Crippen molar-refractivity contribution < 1.29 is 5.11 Å². The van der Waals surface area contributed by atoms with Crippen LogP contribution >= 0.6 is 11.6 Å². The van der Waals surface area contributed by atoms with Gasteiger partial charge in [-0.3, -0.25) is 0 Å². The summed E-state index contributed by atoms with van der Waals surface area (Å²) >= 11 is 5.90. The van der Waals surface area contributed by atoms with Crippen LogP contribution in [0, 0.1) is 6.92 Å². The molecule has 0 amide bonds.